The number of hydrogen-bond acceptors (Lipinski definition) is 4. The molecule has 7 heteroatoms. The van der Waals surface area contributed by atoms with Gasteiger partial charge in [0.15, 0.2) is 5.56 Å². The topological polar surface area (TPSA) is 119 Å². The standard InChI is InChI=1S/C14H11N3O4/c1-6-11(16-13(19)10(12(6)18)14(20)21)7-2-3-9-8(4-7)5-15-17-9/h2-5H,1H3,(H,15,17)(H,20,21)(H2,16,18,19). The molecule has 4 N–H and O–H groups in total. The average molecular weight is 285 g/mol. The van der Waals surface area contributed by atoms with Crippen LogP contribution in [0.1, 0.15) is 15.9 Å². The summed E-state index contributed by atoms with van der Waals surface area (Å²) in [6.45, 7) is 1.55. The van der Waals surface area contributed by atoms with Crippen LogP contribution in [0.2, 0.25) is 0 Å². The van der Waals surface area contributed by atoms with E-state index in [-0.39, 0.29) is 0 Å². The van der Waals surface area contributed by atoms with Crippen LogP contribution < -0.4 is 5.56 Å². The van der Waals surface area contributed by atoms with E-state index in [1.807, 2.05) is 0 Å². The summed E-state index contributed by atoms with van der Waals surface area (Å²) >= 11 is 0. The lowest BCUT2D eigenvalue weighted by molar-refractivity contribution is 0.0691. The maximum atomic E-state index is 11.8. The monoisotopic (exact) mass is 285 g/mol. The van der Waals surface area contributed by atoms with E-state index in [2.05, 4.69) is 15.2 Å². The van der Waals surface area contributed by atoms with E-state index in [0.29, 0.717) is 16.8 Å². The molecule has 3 aromatic rings. The van der Waals surface area contributed by atoms with Gasteiger partial charge in [-0.25, -0.2) is 4.79 Å². The quantitative estimate of drug-likeness (QED) is 0.570. The normalized spacial score (nSPS) is 10.9. The molecule has 0 bridgehead atoms. The van der Waals surface area contributed by atoms with Crippen molar-refractivity contribution in [2.75, 3.05) is 0 Å². The largest absolute Gasteiger partial charge is 0.506 e. The Balaban J connectivity index is 2.27. The fraction of sp³-hybridized carbons (Fsp3) is 0.0714. The van der Waals surface area contributed by atoms with Crippen LogP contribution in [-0.2, 0) is 0 Å². The first kappa shape index (κ1) is 12.9. The van der Waals surface area contributed by atoms with Crippen LogP contribution in [0.5, 0.6) is 5.75 Å². The zero-order valence-corrected chi connectivity index (χ0v) is 11.0. The summed E-state index contributed by atoms with van der Waals surface area (Å²) in [6, 6.07) is 5.33. The first-order valence-electron chi connectivity index (χ1n) is 6.11. The van der Waals surface area contributed by atoms with Gasteiger partial charge < -0.3 is 15.2 Å². The summed E-state index contributed by atoms with van der Waals surface area (Å²) in [5, 5.41) is 26.5. The Kier molecular flexibility index (Phi) is 2.76. The van der Waals surface area contributed by atoms with E-state index in [1.54, 1.807) is 31.3 Å². The van der Waals surface area contributed by atoms with Gasteiger partial charge in [0.2, 0.25) is 0 Å². The number of aromatic amines is 2. The number of nitrogens with zero attached hydrogens (tertiary/aromatic N) is 1. The summed E-state index contributed by atoms with van der Waals surface area (Å²) in [4.78, 5) is 25.3. The van der Waals surface area contributed by atoms with Gasteiger partial charge in [-0.1, -0.05) is 6.07 Å². The van der Waals surface area contributed by atoms with Gasteiger partial charge in [-0.05, 0) is 24.6 Å². The van der Waals surface area contributed by atoms with E-state index in [1.165, 1.54) is 0 Å². The van der Waals surface area contributed by atoms with Gasteiger partial charge in [0.1, 0.15) is 5.75 Å². The van der Waals surface area contributed by atoms with Crippen LogP contribution in [0, 0.1) is 6.92 Å². The molecule has 106 valence electrons. The van der Waals surface area contributed by atoms with Gasteiger partial charge in [-0.2, -0.15) is 5.10 Å². The van der Waals surface area contributed by atoms with Gasteiger partial charge in [0, 0.05) is 10.9 Å². The van der Waals surface area contributed by atoms with E-state index < -0.39 is 22.8 Å². The molecule has 0 aliphatic rings. The molecule has 0 unspecified atom stereocenters. The number of aromatic hydroxyl groups is 1. The zero-order valence-electron chi connectivity index (χ0n) is 11.0. The molecule has 0 fully saturated rings. The molecule has 7 nitrogen and oxygen atoms in total. The number of pyridine rings is 1. The number of carboxylic acids is 1. The second kappa shape index (κ2) is 4.48. The van der Waals surface area contributed by atoms with Crippen LogP contribution in [0.25, 0.3) is 22.2 Å². The molecular formula is C14H11N3O4. The van der Waals surface area contributed by atoms with Gasteiger partial charge in [0.25, 0.3) is 5.56 Å². The van der Waals surface area contributed by atoms with Crippen molar-refractivity contribution in [1.29, 1.82) is 0 Å². The summed E-state index contributed by atoms with van der Waals surface area (Å²) < 4.78 is 0. The van der Waals surface area contributed by atoms with E-state index in [4.69, 9.17) is 5.11 Å². The SMILES string of the molecule is Cc1c(-c2ccc3[nH]ncc3c2)[nH]c(=O)c(C(=O)O)c1O. The Morgan fingerprint density at radius 2 is 2.10 bits per heavy atom. The molecule has 0 aliphatic heterocycles. The number of benzene rings is 1. The Bertz CT molecular complexity index is 924. The lowest BCUT2D eigenvalue weighted by Crippen LogP contribution is -2.19. The Morgan fingerprint density at radius 3 is 2.81 bits per heavy atom. The molecule has 0 aliphatic carbocycles. The minimum atomic E-state index is -1.46. The number of aromatic carboxylic acids is 1. The fourth-order valence-corrected chi connectivity index (χ4v) is 2.27. The number of carbonyl (C=O) groups is 1. The van der Waals surface area contributed by atoms with Gasteiger partial charge in [0.05, 0.1) is 17.4 Å². The third-order valence-electron chi connectivity index (χ3n) is 3.38. The maximum Gasteiger partial charge on any atom is 0.345 e. The third kappa shape index (κ3) is 1.95. The van der Waals surface area contributed by atoms with Crippen molar-refractivity contribution in [2.24, 2.45) is 0 Å². The van der Waals surface area contributed by atoms with Crippen LogP contribution >= 0.6 is 0 Å². The molecule has 1 aromatic carbocycles. The minimum Gasteiger partial charge on any atom is -0.506 e. The van der Waals surface area contributed by atoms with Crippen LogP contribution in [0.4, 0.5) is 0 Å². The second-order valence-electron chi connectivity index (χ2n) is 4.65. The van der Waals surface area contributed by atoms with Crippen LogP contribution in [0.15, 0.2) is 29.2 Å². The molecule has 0 radical (unpaired) electrons. The predicted octanol–water partition coefficient (Wildman–Crippen LogP) is 1.63. The molecule has 0 saturated heterocycles. The van der Waals surface area contributed by atoms with Crippen molar-refractivity contribution in [3.8, 4) is 17.0 Å². The molecule has 0 saturated carbocycles. The number of H-pyrrole nitrogens is 2. The Morgan fingerprint density at radius 1 is 1.33 bits per heavy atom. The number of rotatable bonds is 2. The first-order valence-corrected chi connectivity index (χ1v) is 6.11. The van der Waals surface area contributed by atoms with Gasteiger partial charge in [-0.3, -0.25) is 9.89 Å². The van der Waals surface area contributed by atoms with Crippen molar-refractivity contribution in [3.05, 3.63) is 45.9 Å². The highest BCUT2D eigenvalue weighted by molar-refractivity contribution is 5.92. The van der Waals surface area contributed by atoms with Gasteiger partial charge in [-0.15, -0.1) is 0 Å². The average Bonchev–Trinajstić information content (AvgIpc) is 2.89. The second-order valence-corrected chi connectivity index (χ2v) is 4.65. The molecule has 2 heterocycles. The van der Waals surface area contributed by atoms with Crippen LogP contribution in [-0.4, -0.2) is 31.4 Å². The van der Waals surface area contributed by atoms with Crippen molar-refractivity contribution in [3.63, 3.8) is 0 Å². The minimum absolute atomic E-state index is 0.301. The van der Waals surface area contributed by atoms with E-state index in [9.17, 15) is 14.7 Å². The summed E-state index contributed by atoms with van der Waals surface area (Å²) in [5.41, 5.74) is 0.685. The number of fused-ring (bicyclic) bond motifs is 1. The lowest BCUT2D eigenvalue weighted by Gasteiger charge is -2.10. The molecule has 2 aromatic heterocycles. The van der Waals surface area contributed by atoms with Crippen molar-refractivity contribution < 1.29 is 15.0 Å². The summed E-state index contributed by atoms with van der Waals surface area (Å²) in [6.07, 6.45) is 1.64. The highest BCUT2D eigenvalue weighted by Gasteiger charge is 2.20. The molecule has 0 spiro atoms. The molecule has 21 heavy (non-hydrogen) atoms. The molecule has 0 amide bonds. The summed E-state index contributed by atoms with van der Waals surface area (Å²) in [5.74, 6) is -1.98. The first-order chi connectivity index (χ1) is 9.99. The summed E-state index contributed by atoms with van der Waals surface area (Å²) in [7, 11) is 0. The molecular weight excluding hydrogens is 274 g/mol. The number of carboxylic acid groups (broad SMARTS) is 1. The van der Waals surface area contributed by atoms with E-state index in [0.717, 1.165) is 10.9 Å². The highest BCUT2D eigenvalue weighted by Crippen LogP contribution is 2.29. The van der Waals surface area contributed by atoms with Crippen LogP contribution in [0.3, 0.4) is 0 Å². The molecule has 3 rings (SSSR count). The zero-order chi connectivity index (χ0) is 15.1. The fourth-order valence-electron chi connectivity index (χ4n) is 2.27. The van der Waals surface area contributed by atoms with Gasteiger partial charge >= 0.3 is 5.97 Å². The molecule has 0 atom stereocenters. The van der Waals surface area contributed by atoms with E-state index >= 15 is 0 Å². The number of aromatic nitrogens is 3. The third-order valence-corrected chi connectivity index (χ3v) is 3.38. The van der Waals surface area contributed by atoms with Crippen molar-refractivity contribution >= 4 is 16.9 Å². The number of hydrogen-bond donors (Lipinski definition) is 4. The maximum absolute atomic E-state index is 11.8. The van der Waals surface area contributed by atoms with Crippen molar-refractivity contribution in [1.82, 2.24) is 15.2 Å². The lowest BCUT2D eigenvalue weighted by atomic mass is 10.0. The highest BCUT2D eigenvalue weighted by atomic mass is 16.4. The smallest absolute Gasteiger partial charge is 0.345 e. The predicted molar refractivity (Wildman–Crippen MR) is 75.5 cm³/mol. The Labute approximate surface area is 117 Å². The Hall–Kier alpha value is -3.09. The number of nitrogens with one attached hydrogen (secondary N) is 2. The van der Waals surface area contributed by atoms with Crippen molar-refractivity contribution in [2.45, 2.75) is 6.92 Å².